The minimum atomic E-state index is -0.568. The Balaban J connectivity index is 1.47. The van der Waals surface area contributed by atoms with Crippen molar-refractivity contribution in [3.8, 4) is 0 Å². The number of carbonyl (C=O) groups is 3. The van der Waals surface area contributed by atoms with E-state index in [1.165, 1.54) is 13.0 Å². The summed E-state index contributed by atoms with van der Waals surface area (Å²) in [5.74, 6) is -1.24. The van der Waals surface area contributed by atoms with Gasteiger partial charge in [0.25, 0.3) is 0 Å². The van der Waals surface area contributed by atoms with Crippen LogP contribution in [0.15, 0.2) is 42.6 Å². The average molecular weight is 485 g/mol. The smallest absolute Gasteiger partial charge is 0.243 e. The fraction of sp³-hybridized carbons (Fsp3) is 0.320. The van der Waals surface area contributed by atoms with Crippen molar-refractivity contribution in [1.82, 2.24) is 14.8 Å². The minimum absolute atomic E-state index is 0.00570. The number of hydrogen-bond acceptors (Lipinski definition) is 4. The lowest BCUT2D eigenvalue weighted by Gasteiger charge is -2.22. The van der Waals surface area contributed by atoms with Crippen LogP contribution in [0.1, 0.15) is 35.7 Å². The van der Waals surface area contributed by atoms with Crippen LogP contribution < -0.4 is 10.6 Å². The molecular weight excluding hydrogens is 459 g/mol. The van der Waals surface area contributed by atoms with E-state index in [4.69, 9.17) is 11.6 Å². The molecule has 1 heterocycles. The van der Waals surface area contributed by atoms with Crippen molar-refractivity contribution < 1.29 is 18.8 Å². The molecule has 0 bridgehead atoms. The third kappa shape index (κ3) is 5.07. The molecule has 9 heteroatoms. The maximum atomic E-state index is 14.1. The Morgan fingerprint density at radius 1 is 1.21 bits per heavy atom. The summed E-state index contributed by atoms with van der Waals surface area (Å²) in [6.07, 6.45) is 3.36. The number of halogens is 2. The van der Waals surface area contributed by atoms with E-state index in [1.807, 2.05) is 18.2 Å². The zero-order valence-corrected chi connectivity index (χ0v) is 19.8. The molecule has 0 spiro atoms. The largest absolute Gasteiger partial charge is 0.388 e. The Kier molecular flexibility index (Phi) is 6.88. The molecule has 3 aromatic rings. The maximum absolute atomic E-state index is 14.1. The van der Waals surface area contributed by atoms with E-state index in [9.17, 15) is 18.8 Å². The zero-order valence-electron chi connectivity index (χ0n) is 19.0. The molecule has 0 unspecified atom stereocenters. The molecule has 0 aliphatic heterocycles. The zero-order chi connectivity index (χ0) is 24.4. The molecule has 34 heavy (non-hydrogen) atoms. The summed E-state index contributed by atoms with van der Waals surface area (Å²) in [5.41, 5.74) is 2.46. The molecule has 7 nitrogen and oxygen atoms in total. The van der Waals surface area contributed by atoms with Gasteiger partial charge < -0.3 is 20.1 Å². The van der Waals surface area contributed by atoms with Crippen LogP contribution in [0.2, 0.25) is 5.02 Å². The molecule has 178 valence electrons. The Morgan fingerprint density at radius 3 is 2.65 bits per heavy atom. The van der Waals surface area contributed by atoms with Gasteiger partial charge in [-0.25, -0.2) is 4.39 Å². The van der Waals surface area contributed by atoms with E-state index in [0.717, 1.165) is 29.4 Å². The quantitative estimate of drug-likeness (QED) is 0.450. The number of amides is 2. The number of ketones is 1. The molecule has 1 saturated carbocycles. The molecule has 2 N–H and O–H groups in total. The van der Waals surface area contributed by atoms with Gasteiger partial charge in [-0.3, -0.25) is 14.4 Å². The van der Waals surface area contributed by atoms with Crippen LogP contribution in [-0.4, -0.2) is 46.7 Å². The first-order chi connectivity index (χ1) is 16.3. The van der Waals surface area contributed by atoms with Gasteiger partial charge in [-0.15, -0.1) is 0 Å². The number of benzene rings is 2. The lowest BCUT2D eigenvalue weighted by Crippen LogP contribution is -2.43. The monoisotopic (exact) mass is 484 g/mol. The molecule has 0 saturated heterocycles. The van der Waals surface area contributed by atoms with Crippen LogP contribution in [0, 0.1) is 5.82 Å². The number of nitrogens with one attached hydrogen (secondary N) is 2. The van der Waals surface area contributed by atoms with E-state index in [-0.39, 0.29) is 53.9 Å². The summed E-state index contributed by atoms with van der Waals surface area (Å²) in [6.45, 7) is 1.37. The second-order valence-electron chi connectivity index (χ2n) is 8.45. The first-order valence-corrected chi connectivity index (χ1v) is 11.5. The highest BCUT2D eigenvalue weighted by Gasteiger charge is 2.34. The molecule has 4 rings (SSSR count). The van der Waals surface area contributed by atoms with Gasteiger partial charge in [0.15, 0.2) is 5.78 Å². The van der Waals surface area contributed by atoms with E-state index in [2.05, 4.69) is 10.6 Å². The molecule has 2 aromatic carbocycles. The normalized spacial score (nSPS) is 13.1. The Labute approximate surface area is 201 Å². The Morgan fingerprint density at radius 2 is 1.97 bits per heavy atom. The molecule has 1 aromatic heterocycles. The van der Waals surface area contributed by atoms with Gasteiger partial charge in [0, 0.05) is 53.5 Å². The van der Waals surface area contributed by atoms with Crippen LogP contribution >= 0.6 is 11.6 Å². The van der Waals surface area contributed by atoms with Crippen molar-refractivity contribution in [2.24, 2.45) is 0 Å². The number of anilines is 1. The van der Waals surface area contributed by atoms with E-state index < -0.39 is 5.82 Å². The molecule has 1 fully saturated rings. The van der Waals surface area contributed by atoms with E-state index in [0.29, 0.717) is 5.56 Å². The number of aromatic nitrogens is 1. The number of rotatable bonds is 9. The van der Waals surface area contributed by atoms with Crippen molar-refractivity contribution in [2.45, 2.75) is 38.9 Å². The molecule has 0 atom stereocenters. The second kappa shape index (κ2) is 9.85. The van der Waals surface area contributed by atoms with Gasteiger partial charge >= 0.3 is 0 Å². The van der Waals surface area contributed by atoms with Crippen molar-refractivity contribution >= 4 is 45.8 Å². The summed E-state index contributed by atoms with van der Waals surface area (Å²) < 4.78 is 15.8. The second-order valence-corrected chi connectivity index (χ2v) is 8.86. The number of fused-ring (bicyclic) bond motifs is 1. The average Bonchev–Trinajstić information content (AvgIpc) is 3.59. The Bertz CT molecular complexity index is 1270. The van der Waals surface area contributed by atoms with Crippen molar-refractivity contribution in [3.63, 3.8) is 0 Å². The SMILES string of the molecule is CNc1ccc2c(c1)c(C(C)=O)cn2CC(=O)N(CC(=O)NCc1cccc(Cl)c1F)C1CC1. The number of Topliss-reactive ketones (excluding diaryl/α,β-unsaturated/α-hetero) is 1. The first-order valence-electron chi connectivity index (χ1n) is 11.1. The van der Waals surface area contributed by atoms with Gasteiger partial charge in [0.2, 0.25) is 11.8 Å². The van der Waals surface area contributed by atoms with Gasteiger partial charge in [-0.1, -0.05) is 23.7 Å². The number of carbonyl (C=O) groups excluding carboxylic acids is 3. The van der Waals surface area contributed by atoms with Gasteiger partial charge in [-0.2, -0.15) is 0 Å². The summed E-state index contributed by atoms with van der Waals surface area (Å²) in [5, 5.41) is 6.49. The predicted molar refractivity (Wildman–Crippen MR) is 129 cm³/mol. The highest BCUT2D eigenvalue weighted by molar-refractivity contribution is 6.30. The maximum Gasteiger partial charge on any atom is 0.243 e. The van der Waals surface area contributed by atoms with E-state index in [1.54, 1.807) is 34.8 Å². The van der Waals surface area contributed by atoms with E-state index >= 15 is 0 Å². The number of nitrogens with zero attached hydrogens (tertiary/aromatic N) is 2. The molecular formula is C25H26ClFN4O3. The van der Waals surface area contributed by atoms with Crippen LogP contribution in [0.5, 0.6) is 0 Å². The predicted octanol–water partition coefficient (Wildman–Crippen LogP) is 3.99. The van der Waals surface area contributed by atoms with Crippen LogP contribution in [0.4, 0.5) is 10.1 Å². The van der Waals surface area contributed by atoms with Crippen molar-refractivity contribution in [3.05, 3.63) is 64.6 Å². The fourth-order valence-electron chi connectivity index (χ4n) is 4.00. The van der Waals surface area contributed by atoms with Crippen LogP contribution in [0.25, 0.3) is 10.9 Å². The lowest BCUT2D eigenvalue weighted by atomic mass is 10.1. The summed E-state index contributed by atoms with van der Waals surface area (Å²) >= 11 is 5.79. The fourth-order valence-corrected chi connectivity index (χ4v) is 4.19. The lowest BCUT2D eigenvalue weighted by molar-refractivity contribution is -0.137. The number of hydrogen-bond donors (Lipinski definition) is 2. The minimum Gasteiger partial charge on any atom is -0.388 e. The van der Waals surface area contributed by atoms with Gasteiger partial charge in [0.1, 0.15) is 12.4 Å². The summed E-state index contributed by atoms with van der Waals surface area (Å²) in [4.78, 5) is 39.5. The first kappa shape index (κ1) is 23.8. The topological polar surface area (TPSA) is 83.4 Å². The third-order valence-electron chi connectivity index (χ3n) is 5.98. The Hall–Kier alpha value is -3.39. The van der Waals surface area contributed by atoms with Crippen molar-refractivity contribution in [1.29, 1.82) is 0 Å². The van der Waals surface area contributed by atoms with Crippen LogP contribution in [-0.2, 0) is 22.7 Å². The van der Waals surface area contributed by atoms with Crippen molar-refractivity contribution in [2.75, 3.05) is 18.9 Å². The molecule has 1 aliphatic carbocycles. The summed E-state index contributed by atoms with van der Waals surface area (Å²) in [7, 11) is 1.80. The van der Waals surface area contributed by atoms with Crippen LogP contribution in [0.3, 0.4) is 0 Å². The molecule has 0 radical (unpaired) electrons. The third-order valence-corrected chi connectivity index (χ3v) is 6.28. The summed E-state index contributed by atoms with van der Waals surface area (Å²) in [6, 6.07) is 10.2. The molecule has 1 aliphatic rings. The standard InChI is InChI=1S/C25H26ClFN4O3/c1-15(32)20-12-30(22-9-6-17(28-2)10-19(20)22)14-24(34)31(18-7-8-18)13-23(33)29-11-16-4-3-5-21(26)25(16)27/h3-6,9-10,12,18,28H,7-8,11,13-14H2,1-2H3,(H,29,33). The molecule has 2 amide bonds. The highest BCUT2D eigenvalue weighted by atomic mass is 35.5. The van der Waals surface area contributed by atoms with Gasteiger partial charge in [-0.05, 0) is 44.0 Å². The highest BCUT2D eigenvalue weighted by Crippen LogP contribution is 2.29. The van der Waals surface area contributed by atoms with Gasteiger partial charge in [0.05, 0.1) is 11.6 Å².